The second-order valence-corrected chi connectivity index (χ2v) is 8.52. The van der Waals surface area contributed by atoms with Crippen molar-refractivity contribution < 1.29 is 9.47 Å². The average molecular weight is 468 g/mol. The Kier molecular flexibility index (Phi) is 6.18. The maximum Gasteiger partial charge on any atom is 0.291 e. The highest BCUT2D eigenvalue weighted by Gasteiger charge is 2.12. The fourth-order valence-corrected chi connectivity index (χ4v) is 4.27. The summed E-state index contributed by atoms with van der Waals surface area (Å²) in [6.07, 6.45) is 3.53. The van der Waals surface area contributed by atoms with Crippen LogP contribution in [0.15, 0.2) is 96.3 Å². The Labute approximate surface area is 200 Å². The molecule has 5 rings (SSSR count). The van der Waals surface area contributed by atoms with Crippen LogP contribution >= 0.6 is 11.3 Å². The fraction of sp³-hybridized carbons (Fsp3) is 0.0741. The Morgan fingerprint density at radius 3 is 2.32 bits per heavy atom. The first-order chi connectivity index (χ1) is 16.7. The summed E-state index contributed by atoms with van der Waals surface area (Å²) < 4.78 is 13.3. The number of ether oxygens (including phenoxy) is 2. The van der Waals surface area contributed by atoms with Crippen molar-refractivity contribution in [1.82, 2.24) is 14.6 Å². The predicted octanol–water partition coefficient (Wildman–Crippen LogP) is 4.51. The second-order valence-electron chi connectivity index (χ2n) is 7.51. The number of benzene rings is 3. The van der Waals surface area contributed by atoms with Crippen LogP contribution in [0.1, 0.15) is 11.1 Å². The lowest BCUT2D eigenvalue weighted by molar-refractivity contribution is 0.306. The van der Waals surface area contributed by atoms with Gasteiger partial charge in [-0.3, -0.25) is 4.79 Å². The third-order valence-corrected chi connectivity index (χ3v) is 6.05. The SMILES string of the molecule is C=CCOc1ccc(-c2nc3s/c(=C/c4ccc(OCc5ccccc5)cc4)c(=O)n3n2)cc1. The molecule has 0 amide bonds. The van der Waals surface area contributed by atoms with E-state index in [1.807, 2.05) is 84.9 Å². The van der Waals surface area contributed by atoms with Crippen LogP contribution in [0.4, 0.5) is 0 Å². The summed E-state index contributed by atoms with van der Waals surface area (Å²) in [5.41, 5.74) is 2.65. The highest BCUT2D eigenvalue weighted by atomic mass is 32.1. The molecule has 0 atom stereocenters. The molecule has 7 heteroatoms. The van der Waals surface area contributed by atoms with Gasteiger partial charge in [0.25, 0.3) is 5.56 Å². The van der Waals surface area contributed by atoms with E-state index in [0.29, 0.717) is 28.5 Å². The first-order valence-corrected chi connectivity index (χ1v) is 11.5. The van der Waals surface area contributed by atoms with Gasteiger partial charge >= 0.3 is 0 Å². The van der Waals surface area contributed by atoms with Crippen molar-refractivity contribution in [2.24, 2.45) is 0 Å². The molecule has 6 nitrogen and oxygen atoms in total. The molecular weight excluding hydrogens is 446 g/mol. The summed E-state index contributed by atoms with van der Waals surface area (Å²) in [6, 6.07) is 25.1. The minimum atomic E-state index is -0.186. The zero-order valence-corrected chi connectivity index (χ0v) is 19.1. The number of hydrogen-bond donors (Lipinski definition) is 0. The van der Waals surface area contributed by atoms with Gasteiger partial charge in [0.15, 0.2) is 5.82 Å². The molecule has 2 aromatic heterocycles. The summed E-state index contributed by atoms with van der Waals surface area (Å²) in [5, 5.41) is 4.41. The maximum absolute atomic E-state index is 12.9. The molecule has 0 N–H and O–H groups in total. The van der Waals surface area contributed by atoms with E-state index in [0.717, 1.165) is 28.2 Å². The third-order valence-electron chi connectivity index (χ3n) is 5.09. The molecule has 0 fully saturated rings. The zero-order chi connectivity index (χ0) is 23.3. The maximum atomic E-state index is 12.9. The summed E-state index contributed by atoms with van der Waals surface area (Å²) in [5.74, 6) is 2.02. The van der Waals surface area contributed by atoms with Crippen molar-refractivity contribution in [1.29, 1.82) is 0 Å². The highest BCUT2D eigenvalue weighted by Crippen LogP contribution is 2.20. The lowest BCUT2D eigenvalue weighted by Gasteiger charge is -2.06. The van der Waals surface area contributed by atoms with Crippen molar-refractivity contribution >= 4 is 22.4 Å². The van der Waals surface area contributed by atoms with Gasteiger partial charge in [0.1, 0.15) is 24.7 Å². The Balaban J connectivity index is 1.32. The van der Waals surface area contributed by atoms with Crippen LogP contribution in [0.5, 0.6) is 11.5 Å². The second kappa shape index (κ2) is 9.72. The fourth-order valence-electron chi connectivity index (χ4n) is 3.36. The van der Waals surface area contributed by atoms with Crippen molar-refractivity contribution in [2.75, 3.05) is 6.61 Å². The lowest BCUT2D eigenvalue weighted by atomic mass is 10.2. The standard InChI is InChI=1S/C27H21N3O3S/c1-2-16-32-22-14-10-21(11-15-22)25-28-27-30(29-25)26(31)24(34-27)17-19-8-12-23(13-9-19)33-18-20-6-4-3-5-7-20/h2-15,17H,1,16,18H2/b24-17+. The van der Waals surface area contributed by atoms with Crippen LogP contribution in [-0.2, 0) is 6.61 Å². The van der Waals surface area contributed by atoms with Crippen LogP contribution in [-0.4, -0.2) is 21.2 Å². The van der Waals surface area contributed by atoms with Gasteiger partial charge in [-0.25, -0.2) is 0 Å². The van der Waals surface area contributed by atoms with Gasteiger partial charge in [-0.2, -0.15) is 9.50 Å². The van der Waals surface area contributed by atoms with E-state index in [1.165, 1.54) is 15.9 Å². The number of aromatic nitrogens is 3. The molecule has 0 saturated carbocycles. The van der Waals surface area contributed by atoms with Crippen molar-refractivity contribution in [3.63, 3.8) is 0 Å². The number of rotatable bonds is 8. The van der Waals surface area contributed by atoms with Gasteiger partial charge in [-0.1, -0.05) is 66.5 Å². The Morgan fingerprint density at radius 2 is 1.62 bits per heavy atom. The van der Waals surface area contributed by atoms with E-state index in [-0.39, 0.29) is 5.56 Å². The normalized spacial score (nSPS) is 11.6. The molecule has 0 saturated heterocycles. The summed E-state index contributed by atoms with van der Waals surface area (Å²) in [4.78, 5) is 18.0. The van der Waals surface area contributed by atoms with E-state index in [2.05, 4.69) is 16.7 Å². The van der Waals surface area contributed by atoms with Crippen LogP contribution in [0.2, 0.25) is 0 Å². The molecule has 34 heavy (non-hydrogen) atoms. The van der Waals surface area contributed by atoms with Crippen LogP contribution in [0.3, 0.4) is 0 Å². The molecule has 0 spiro atoms. The number of hydrogen-bond acceptors (Lipinski definition) is 6. The molecule has 3 aromatic carbocycles. The van der Waals surface area contributed by atoms with Crippen molar-refractivity contribution in [2.45, 2.75) is 6.61 Å². The van der Waals surface area contributed by atoms with Crippen LogP contribution in [0.25, 0.3) is 22.4 Å². The highest BCUT2D eigenvalue weighted by molar-refractivity contribution is 7.15. The zero-order valence-electron chi connectivity index (χ0n) is 18.3. The molecule has 0 unspecified atom stereocenters. The van der Waals surface area contributed by atoms with E-state index in [1.54, 1.807) is 6.08 Å². The monoisotopic (exact) mass is 467 g/mol. The van der Waals surface area contributed by atoms with E-state index >= 15 is 0 Å². The van der Waals surface area contributed by atoms with Gasteiger partial charge in [-0.05, 0) is 53.6 Å². The average Bonchev–Trinajstić information content (AvgIpc) is 3.42. The van der Waals surface area contributed by atoms with E-state index in [4.69, 9.17) is 9.47 Å². The first-order valence-electron chi connectivity index (χ1n) is 10.7. The van der Waals surface area contributed by atoms with Crippen LogP contribution in [0, 0.1) is 0 Å². The minimum Gasteiger partial charge on any atom is -0.490 e. The summed E-state index contributed by atoms with van der Waals surface area (Å²) in [7, 11) is 0. The molecule has 2 heterocycles. The topological polar surface area (TPSA) is 65.7 Å². The Hall–Kier alpha value is -4.23. The van der Waals surface area contributed by atoms with Gasteiger partial charge in [0, 0.05) is 5.56 Å². The minimum absolute atomic E-state index is 0.186. The van der Waals surface area contributed by atoms with Crippen LogP contribution < -0.4 is 19.6 Å². The molecule has 0 aliphatic carbocycles. The smallest absolute Gasteiger partial charge is 0.291 e. The molecular formula is C27H21N3O3S. The Morgan fingerprint density at radius 1 is 0.912 bits per heavy atom. The quantitative estimate of drug-likeness (QED) is 0.314. The molecule has 0 bridgehead atoms. The van der Waals surface area contributed by atoms with Crippen molar-refractivity contribution in [3.8, 4) is 22.9 Å². The number of fused-ring (bicyclic) bond motifs is 1. The third kappa shape index (κ3) is 4.74. The molecule has 168 valence electrons. The van der Waals surface area contributed by atoms with Gasteiger partial charge in [0.2, 0.25) is 4.96 Å². The number of thiazole rings is 1. The molecule has 0 radical (unpaired) electrons. The molecule has 0 aliphatic rings. The summed E-state index contributed by atoms with van der Waals surface area (Å²) >= 11 is 1.31. The van der Waals surface area contributed by atoms with E-state index in [9.17, 15) is 4.79 Å². The lowest BCUT2D eigenvalue weighted by Crippen LogP contribution is -2.23. The van der Waals surface area contributed by atoms with E-state index < -0.39 is 0 Å². The van der Waals surface area contributed by atoms with Gasteiger partial charge in [0.05, 0.1) is 4.53 Å². The van der Waals surface area contributed by atoms with Gasteiger partial charge in [-0.15, -0.1) is 5.10 Å². The number of nitrogens with zero attached hydrogens (tertiary/aromatic N) is 3. The first kappa shape index (κ1) is 21.6. The molecule has 5 aromatic rings. The predicted molar refractivity (Wildman–Crippen MR) is 134 cm³/mol. The van der Waals surface area contributed by atoms with Crippen molar-refractivity contribution in [3.05, 3.63) is 118 Å². The Bertz CT molecular complexity index is 1520. The molecule has 0 aliphatic heterocycles. The summed E-state index contributed by atoms with van der Waals surface area (Å²) in [6.45, 7) is 4.59. The largest absolute Gasteiger partial charge is 0.490 e. The van der Waals surface area contributed by atoms with Gasteiger partial charge < -0.3 is 9.47 Å².